The van der Waals surface area contributed by atoms with Crippen molar-refractivity contribution in [2.24, 2.45) is 0 Å². The lowest BCUT2D eigenvalue weighted by Gasteiger charge is -2.12. The zero-order chi connectivity index (χ0) is 21.7. The summed E-state index contributed by atoms with van der Waals surface area (Å²) in [5.41, 5.74) is 0.158. The average molecular weight is 410 g/mol. The van der Waals surface area contributed by atoms with Gasteiger partial charge in [-0.3, -0.25) is 4.79 Å². The van der Waals surface area contributed by atoms with E-state index in [1.807, 2.05) is 6.92 Å². The van der Waals surface area contributed by atoms with Gasteiger partial charge in [0.2, 0.25) is 5.75 Å². The number of ketones is 1. The number of carbonyl (C=O) groups is 1. The Kier molecular flexibility index (Phi) is 6.41. The van der Waals surface area contributed by atoms with Gasteiger partial charge in [0.25, 0.3) is 0 Å². The van der Waals surface area contributed by atoms with E-state index >= 15 is 0 Å². The Balaban J connectivity index is 1.96. The Labute approximate surface area is 173 Å². The number of fused-ring (bicyclic) bond motifs is 1. The van der Waals surface area contributed by atoms with Gasteiger partial charge < -0.3 is 23.4 Å². The number of rotatable bonds is 8. The van der Waals surface area contributed by atoms with Crippen molar-refractivity contribution in [2.45, 2.75) is 6.92 Å². The number of hydrogen-bond acceptors (Lipinski definition) is 7. The summed E-state index contributed by atoms with van der Waals surface area (Å²) < 4.78 is 26.7. The first kappa shape index (κ1) is 21.0. The highest BCUT2D eigenvalue weighted by Crippen LogP contribution is 2.38. The second-order valence-corrected chi connectivity index (χ2v) is 6.21. The van der Waals surface area contributed by atoms with Gasteiger partial charge in [-0.2, -0.15) is 0 Å². The number of benzene rings is 2. The number of allylic oxidation sites excluding steroid dienone is 1. The van der Waals surface area contributed by atoms with Crippen LogP contribution in [0.5, 0.6) is 23.0 Å². The van der Waals surface area contributed by atoms with Crippen LogP contribution in [-0.4, -0.2) is 33.7 Å². The molecule has 30 heavy (non-hydrogen) atoms. The van der Waals surface area contributed by atoms with E-state index in [1.165, 1.54) is 33.5 Å². The van der Waals surface area contributed by atoms with E-state index < -0.39 is 11.4 Å². The molecule has 7 heteroatoms. The monoisotopic (exact) mass is 410 g/mol. The van der Waals surface area contributed by atoms with Crippen LogP contribution < -0.4 is 24.6 Å². The van der Waals surface area contributed by atoms with Crippen molar-refractivity contribution in [1.82, 2.24) is 0 Å². The largest absolute Gasteiger partial charge is 0.493 e. The van der Waals surface area contributed by atoms with Gasteiger partial charge in [0.1, 0.15) is 5.56 Å². The van der Waals surface area contributed by atoms with Crippen molar-refractivity contribution in [2.75, 3.05) is 27.9 Å². The Hall–Kier alpha value is -3.74. The molecule has 0 aliphatic rings. The van der Waals surface area contributed by atoms with E-state index in [4.69, 9.17) is 23.4 Å². The van der Waals surface area contributed by atoms with Gasteiger partial charge >= 0.3 is 5.63 Å². The Bertz CT molecular complexity index is 1130. The van der Waals surface area contributed by atoms with Gasteiger partial charge in [-0.1, -0.05) is 18.2 Å². The molecule has 0 spiro atoms. The van der Waals surface area contributed by atoms with Crippen LogP contribution in [0.4, 0.5) is 0 Å². The Morgan fingerprint density at radius 1 is 1.00 bits per heavy atom. The first-order chi connectivity index (χ1) is 14.5. The summed E-state index contributed by atoms with van der Waals surface area (Å²) in [7, 11) is 4.52. The van der Waals surface area contributed by atoms with Crippen LogP contribution in [0.1, 0.15) is 22.8 Å². The van der Waals surface area contributed by atoms with Gasteiger partial charge in [0, 0.05) is 5.39 Å². The summed E-state index contributed by atoms with van der Waals surface area (Å²) in [4.78, 5) is 25.1. The molecule has 0 aliphatic carbocycles. The van der Waals surface area contributed by atoms with Gasteiger partial charge in [-0.25, -0.2) is 4.79 Å². The van der Waals surface area contributed by atoms with Gasteiger partial charge in [-0.05, 0) is 42.8 Å². The molecular weight excluding hydrogens is 388 g/mol. The smallest absolute Gasteiger partial charge is 0.347 e. The third kappa shape index (κ3) is 4.15. The van der Waals surface area contributed by atoms with Gasteiger partial charge in [0.15, 0.2) is 28.6 Å². The van der Waals surface area contributed by atoms with E-state index in [2.05, 4.69) is 0 Å². The minimum absolute atomic E-state index is 0.0696. The van der Waals surface area contributed by atoms with Crippen molar-refractivity contribution >= 4 is 22.8 Å². The molecule has 3 rings (SSSR count). The molecule has 0 aliphatic heterocycles. The van der Waals surface area contributed by atoms with Crippen molar-refractivity contribution in [3.8, 4) is 23.0 Å². The standard InChI is InChI=1S/C23H22O7/c1-5-29-18-8-6-7-15-13-16(23(25)30-21(15)18)17(24)10-9-14-11-19(26-2)22(28-4)20(12-14)27-3/h6-13H,5H2,1-4H3/b10-9+. The van der Waals surface area contributed by atoms with E-state index in [9.17, 15) is 9.59 Å². The highest BCUT2D eigenvalue weighted by Gasteiger charge is 2.15. The molecule has 0 N–H and O–H groups in total. The first-order valence-electron chi connectivity index (χ1n) is 9.24. The van der Waals surface area contributed by atoms with E-state index in [0.29, 0.717) is 46.1 Å². The number of ether oxygens (including phenoxy) is 4. The molecule has 0 radical (unpaired) electrons. The zero-order valence-electron chi connectivity index (χ0n) is 17.2. The lowest BCUT2D eigenvalue weighted by atomic mass is 10.1. The highest BCUT2D eigenvalue weighted by molar-refractivity contribution is 6.08. The van der Waals surface area contributed by atoms with Gasteiger partial charge in [0.05, 0.1) is 27.9 Å². The summed E-state index contributed by atoms with van der Waals surface area (Å²) in [5.74, 6) is 1.33. The second-order valence-electron chi connectivity index (χ2n) is 6.21. The topological polar surface area (TPSA) is 84.2 Å². The maximum atomic E-state index is 12.7. The minimum Gasteiger partial charge on any atom is -0.493 e. The van der Waals surface area contributed by atoms with E-state index in [0.717, 1.165) is 0 Å². The van der Waals surface area contributed by atoms with Crippen LogP contribution in [0.3, 0.4) is 0 Å². The van der Waals surface area contributed by atoms with Crippen molar-refractivity contribution in [1.29, 1.82) is 0 Å². The SMILES string of the molecule is CCOc1cccc2cc(C(=O)/C=C/c3cc(OC)c(OC)c(OC)c3)c(=O)oc12. The predicted molar refractivity (Wildman–Crippen MR) is 113 cm³/mol. The third-order valence-corrected chi connectivity index (χ3v) is 4.40. The first-order valence-corrected chi connectivity index (χ1v) is 9.24. The number of hydrogen-bond donors (Lipinski definition) is 0. The third-order valence-electron chi connectivity index (χ3n) is 4.40. The maximum Gasteiger partial charge on any atom is 0.347 e. The van der Waals surface area contributed by atoms with E-state index in [1.54, 1.807) is 36.4 Å². The molecule has 2 aromatic carbocycles. The van der Waals surface area contributed by atoms with E-state index in [-0.39, 0.29) is 5.56 Å². The van der Waals surface area contributed by atoms with Gasteiger partial charge in [-0.15, -0.1) is 0 Å². The molecule has 0 amide bonds. The number of para-hydroxylation sites is 1. The molecule has 0 bridgehead atoms. The number of carbonyl (C=O) groups excluding carboxylic acids is 1. The summed E-state index contributed by atoms with van der Waals surface area (Å²) >= 11 is 0. The summed E-state index contributed by atoms with van der Waals surface area (Å²) in [6.45, 7) is 2.27. The second kappa shape index (κ2) is 9.17. The molecule has 1 aromatic heterocycles. The molecule has 0 saturated carbocycles. The van der Waals surface area contributed by atoms with Crippen molar-refractivity contribution in [3.63, 3.8) is 0 Å². The summed E-state index contributed by atoms with van der Waals surface area (Å²) in [6, 6.07) is 10.1. The molecule has 1 heterocycles. The van der Waals surface area contributed by atoms with Crippen LogP contribution in [0.25, 0.3) is 17.0 Å². The quantitative estimate of drug-likeness (QED) is 0.314. The molecular formula is C23H22O7. The molecule has 156 valence electrons. The lowest BCUT2D eigenvalue weighted by molar-refractivity contribution is 0.104. The molecule has 0 fully saturated rings. The molecule has 7 nitrogen and oxygen atoms in total. The van der Waals surface area contributed by atoms with Crippen LogP contribution in [0, 0.1) is 0 Å². The van der Waals surface area contributed by atoms with Crippen LogP contribution >= 0.6 is 0 Å². The normalized spacial score (nSPS) is 10.9. The predicted octanol–water partition coefficient (Wildman–Crippen LogP) is 4.11. The van der Waals surface area contributed by atoms with Crippen molar-refractivity contribution < 1.29 is 28.2 Å². The Morgan fingerprint density at radius 2 is 1.70 bits per heavy atom. The van der Waals surface area contributed by atoms with Crippen LogP contribution in [0.2, 0.25) is 0 Å². The average Bonchev–Trinajstić information content (AvgIpc) is 2.76. The maximum absolute atomic E-state index is 12.7. The fraction of sp³-hybridized carbons (Fsp3) is 0.217. The van der Waals surface area contributed by atoms with Crippen molar-refractivity contribution in [3.05, 3.63) is 64.0 Å². The Morgan fingerprint density at radius 3 is 2.30 bits per heavy atom. The number of methoxy groups -OCH3 is 3. The minimum atomic E-state index is -0.728. The zero-order valence-corrected chi connectivity index (χ0v) is 17.2. The highest BCUT2D eigenvalue weighted by atomic mass is 16.5. The van der Waals surface area contributed by atoms with Crippen LogP contribution in [0.15, 0.2) is 51.7 Å². The molecule has 0 saturated heterocycles. The fourth-order valence-electron chi connectivity index (χ4n) is 3.02. The fourth-order valence-corrected chi connectivity index (χ4v) is 3.02. The molecule has 0 atom stereocenters. The van der Waals surface area contributed by atoms with Crippen LogP contribution in [-0.2, 0) is 0 Å². The lowest BCUT2D eigenvalue weighted by Crippen LogP contribution is -2.12. The molecule has 3 aromatic rings. The summed E-state index contributed by atoms with van der Waals surface area (Å²) in [5, 5.41) is 0.602. The summed E-state index contributed by atoms with van der Waals surface area (Å²) in [6.07, 6.45) is 2.86. The molecule has 0 unspecified atom stereocenters.